The van der Waals surface area contributed by atoms with E-state index in [0.717, 1.165) is 11.4 Å². The normalized spacial score (nSPS) is 15.0. The van der Waals surface area contributed by atoms with Crippen LogP contribution in [0.2, 0.25) is 0 Å². The van der Waals surface area contributed by atoms with Gasteiger partial charge < -0.3 is 4.90 Å². The first kappa shape index (κ1) is 38.7. The monoisotopic (exact) mass is 843 g/mol. The summed E-state index contributed by atoms with van der Waals surface area (Å²) in [5.41, 5.74) is 23.4. The molecular formula is C65H49N. The van der Waals surface area contributed by atoms with Gasteiger partial charge in [-0.25, -0.2) is 0 Å². The molecule has 0 N–H and O–H groups in total. The smallest absolute Gasteiger partial charge is 0.0714 e. The first-order chi connectivity index (χ1) is 32.3. The minimum absolute atomic E-state index is 0.173. The van der Waals surface area contributed by atoms with Gasteiger partial charge in [0.25, 0.3) is 0 Å². The van der Waals surface area contributed by atoms with E-state index in [1.165, 1.54) is 105 Å². The molecule has 13 rings (SSSR count). The zero-order valence-electron chi connectivity index (χ0n) is 37.8. The average Bonchev–Trinajstić information content (AvgIpc) is 3.89. The van der Waals surface area contributed by atoms with Gasteiger partial charge in [-0.2, -0.15) is 0 Å². The van der Waals surface area contributed by atoms with Gasteiger partial charge in [-0.3, -0.25) is 0 Å². The molecule has 0 aromatic heterocycles. The maximum absolute atomic E-state index is 2.61. The maximum Gasteiger partial charge on any atom is 0.0714 e. The Labute approximate surface area is 388 Å². The van der Waals surface area contributed by atoms with Crippen LogP contribution < -0.4 is 4.90 Å². The van der Waals surface area contributed by atoms with Crippen LogP contribution >= 0.6 is 0 Å². The lowest BCUT2D eigenvalue weighted by Crippen LogP contribution is -2.28. The fraction of sp³-hybridized carbons (Fsp3) is 0.108. The van der Waals surface area contributed by atoms with Gasteiger partial charge in [-0.05, 0) is 131 Å². The van der Waals surface area contributed by atoms with Crippen LogP contribution in [0.4, 0.5) is 17.1 Å². The van der Waals surface area contributed by atoms with Crippen molar-refractivity contribution in [1.82, 2.24) is 0 Å². The van der Waals surface area contributed by atoms with Gasteiger partial charge in [-0.1, -0.05) is 216 Å². The summed E-state index contributed by atoms with van der Waals surface area (Å²) in [7, 11) is 0. The van der Waals surface area contributed by atoms with Crippen LogP contribution in [0.25, 0.3) is 55.3 Å². The van der Waals surface area contributed by atoms with Gasteiger partial charge in [-0.15, -0.1) is 0 Å². The van der Waals surface area contributed by atoms with Crippen molar-refractivity contribution in [3.63, 3.8) is 0 Å². The minimum Gasteiger partial charge on any atom is -0.310 e. The summed E-state index contributed by atoms with van der Waals surface area (Å²) >= 11 is 0. The highest BCUT2D eigenvalue weighted by molar-refractivity contribution is 6.07. The van der Waals surface area contributed by atoms with E-state index in [9.17, 15) is 0 Å². The lowest BCUT2D eigenvalue weighted by Gasteiger charge is -2.35. The molecule has 0 saturated carbocycles. The quantitative estimate of drug-likeness (QED) is 0.161. The number of benzene rings is 10. The fourth-order valence-electron chi connectivity index (χ4n) is 12.5. The molecule has 10 aromatic carbocycles. The summed E-state index contributed by atoms with van der Waals surface area (Å²) in [5, 5.41) is 2.55. The molecule has 0 heterocycles. The van der Waals surface area contributed by atoms with Crippen LogP contribution in [0.5, 0.6) is 0 Å². The van der Waals surface area contributed by atoms with E-state index in [4.69, 9.17) is 0 Å². The first-order valence-electron chi connectivity index (χ1n) is 23.4. The Hall–Kier alpha value is -7.74. The molecule has 0 unspecified atom stereocenters. The zero-order chi connectivity index (χ0) is 44.4. The van der Waals surface area contributed by atoms with Gasteiger partial charge in [0.2, 0.25) is 0 Å². The Balaban J connectivity index is 1.14. The molecule has 1 heteroatoms. The standard InChI is InChI=1S/C65H49N/c1-63(2)55-30-18-16-28-50(55)52-35-33-47(40-58(52)63)66(48-34-36-53-51-29-17-19-31-57(51)65(59(53)41-48,45-23-10-6-11-24-45)46-25-12-7-13-26-46)60-39-44-22-14-15-27-49(44)62-61(60)54-38-43(42-20-8-5-9-21-42)32-37-56(54)64(62,3)4/h5-41H,1-4H3. The number of nitrogens with zero attached hydrogens (tertiary/aromatic N) is 1. The second-order valence-electron chi connectivity index (χ2n) is 19.6. The molecule has 0 fully saturated rings. The molecule has 3 aliphatic carbocycles. The minimum atomic E-state index is -0.539. The molecule has 0 aliphatic heterocycles. The average molecular weight is 844 g/mol. The summed E-state index contributed by atoms with van der Waals surface area (Å²) in [4.78, 5) is 2.61. The van der Waals surface area contributed by atoms with Crippen LogP contribution in [0, 0.1) is 0 Å². The van der Waals surface area contributed by atoms with Gasteiger partial charge in [0, 0.05) is 27.8 Å². The molecule has 314 valence electrons. The van der Waals surface area contributed by atoms with E-state index in [1.807, 2.05) is 0 Å². The maximum atomic E-state index is 2.61. The lowest BCUT2D eigenvalue weighted by molar-refractivity contribution is 0.660. The molecule has 3 aliphatic rings. The SMILES string of the molecule is CC1(C)c2ccccc2-c2ccc(N(c3ccc4c(c3)C(c3ccccc3)(c3ccccc3)c3ccccc3-4)c3cc4ccccc4c4c3-c3cc(-c5ccccc5)ccc3C4(C)C)cc21. The van der Waals surface area contributed by atoms with Crippen LogP contribution in [-0.4, -0.2) is 0 Å². The van der Waals surface area contributed by atoms with Crippen molar-refractivity contribution in [3.8, 4) is 44.5 Å². The van der Waals surface area contributed by atoms with E-state index in [-0.39, 0.29) is 10.8 Å². The lowest BCUT2D eigenvalue weighted by atomic mass is 9.67. The Morgan fingerprint density at radius 3 is 1.53 bits per heavy atom. The molecule has 0 spiro atoms. The number of rotatable bonds is 6. The summed E-state index contributed by atoms with van der Waals surface area (Å²) in [5.74, 6) is 0. The number of hydrogen-bond donors (Lipinski definition) is 0. The third-order valence-corrected chi connectivity index (χ3v) is 15.5. The highest BCUT2D eigenvalue weighted by Crippen LogP contribution is 2.61. The number of hydrogen-bond acceptors (Lipinski definition) is 1. The Morgan fingerprint density at radius 2 is 0.848 bits per heavy atom. The van der Waals surface area contributed by atoms with Crippen molar-refractivity contribution < 1.29 is 0 Å². The molecule has 0 radical (unpaired) electrons. The van der Waals surface area contributed by atoms with Gasteiger partial charge in [0.1, 0.15) is 0 Å². The summed E-state index contributed by atoms with van der Waals surface area (Å²) < 4.78 is 0. The second-order valence-corrected chi connectivity index (χ2v) is 19.6. The van der Waals surface area contributed by atoms with E-state index in [0.29, 0.717) is 0 Å². The molecule has 0 bridgehead atoms. The van der Waals surface area contributed by atoms with Gasteiger partial charge >= 0.3 is 0 Å². The molecule has 0 atom stereocenters. The molecule has 66 heavy (non-hydrogen) atoms. The predicted molar refractivity (Wildman–Crippen MR) is 276 cm³/mol. The number of anilines is 3. The fourth-order valence-corrected chi connectivity index (χ4v) is 12.5. The van der Waals surface area contributed by atoms with Crippen LogP contribution in [0.1, 0.15) is 72.2 Å². The Bertz CT molecular complexity index is 3540. The van der Waals surface area contributed by atoms with E-state index in [2.05, 4.69) is 257 Å². The summed E-state index contributed by atoms with van der Waals surface area (Å²) in [6.07, 6.45) is 0. The van der Waals surface area contributed by atoms with Gasteiger partial charge in [0.15, 0.2) is 0 Å². The number of fused-ring (bicyclic) bond motifs is 11. The predicted octanol–water partition coefficient (Wildman–Crippen LogP) is 17.0. The highest BCUT2D eigenvalue weighted by atomic mass is 15.1. The van der Waals surface area contributed by atoms with Crippen molar-refractivity contribution in [1.29, 1.82) is 0 Å². The largest absolute Gasteiger partial charge is 0.310 e. The third kappa shape index (κ3) is 5.29. The Morgan fingerprint density at radius 1 is 0.333 bits per heavy atom. The van der Waals surface area contributed by atoms with Crippen molar-refractivity contribution in [3.05, 3.63) is 269 Å². The topological polar surface area (TPSA) is 3.24 Å². The van der Waals surface area contributed by atoms with Gasteiger partial charge in [0.05, 0.1) is 11.1 Å². The molecule has 1 nitrogen and oxygen atoms in total. The molecular weight excluding hydrogens is 795 g/mol. The molecule has 0 amide bonds. The summed E-state index contributed by atoms with van der Waals surface area (Å²) in [6, 6.07) is 84.6. The van der Waals surface area contributed by atoms with Crippen molar-refractivity contribution in [2.75, 3.05) is 4.90 Å². The molecule has 10 aromatic rings. The summed E-state index contributed by atoms with van der Waals surface area (Å²) in [6.45, 7) is 9.64. The van der Waals surface area contributed by atoms with E-state index in [1.54, 1.807) is 0 Å². The highest BCUT2D eigenvalue weighted by Gasteiger charge is 2.47. The van der Waals surface area contributed by atoms with Crippen LogP contribution in [0.3, 0.4) is 0 Å². The van der Waals surface area contributed by atoms with Crippen molar-refractivity contribution in [2.45, 2.75) is 43.9 Å². The third-order valence-electron chi connectivity index (χ3n) is 15.5. The van der Waals surface area contributed by atoms with Crippen LogP contribution in [-0.2, 0) is 16.2 Å². The second kappa shape index (κ2) is 14.1. The Kier molecular flexibility index (Phi) is 8.28. The van der Waals surface area contributed by atoms with Crippen molar-refractivity contribution >= 4 is 27.8 Å². The molecule has 0 saturated heterocycles. The van der Waals surface area contributed by atoms with E-state index >= 15 is 0 Å². The van der Waals surface area contributed by atoms with Crippen molar-refractivity contribution in [2.24, 2.45) is 0 Å². The van der Waals surface area contributed by atoms with E-state index < -0.39 is 5.41 Å². The first-order valence-corrected chi connectivity index (χ1v) is 23.4. The zero-order valence-corrected chi connectivity index (χ0v) is 37.8. The van der Waals surface area contributed by atoms with Crippen LogP contribution in [0.15, 0.2) is 224 Å².